The molecule has 0 bridgehead atoms. The molecule has 3 aromatic rings. The van der Waals surface area contributed by atoms with Crippen LogP contribution in [0.3, 0.4) is 0 Å². The van der Waals surface area contributed by atoms with Gasteiger partial charge in [0, 0.05) is 22.6 Å². The molecule has 1 heterocycles. The number of amides is 2. The Morgan fingerprint density at radius 2 is 1.79 bits per heavy atom. The van der Waals surface area contributed by atoms with Gasteiger partial charge in [0.1, 0.15) is 0 Å². The zero-order chi connectivity index (χ0) is 20.8. The molecule has 10 heteroatoms. The van der Waals surface area contributed by atoms with Crippen LogP contribution in [-0.4, -0.2) is 32.7 Å². The fraction of sp³-hybridized carbons (Fsp3) is 0.105. The van der Waals surface area contributed by atoms with Crippen molar-refractivity contribution in [3.63, 3.8) is 0 Å². The highest BCUT2D eigenvalue weighted by Gasteiger charge is 2.13. The summed E-state index contributed by atoms with van der Waals surface area (Å²) < 4.78 is 0.915. The first kappa shape index (κ1) is 20.7. The van der Waals surface area contributed by atoms with Crippen molar-refractivity contribution in [1.29, 1.82) is 0 Å². The number of nitrogens with zero attached hydrogens (tertiary/aromatic N) is 2. The van der Waals surface area contributed by atoms with Gasteiger partial charge in [-0.25, -0.2) is 0 Å². The van der Waals surface area contributed by atoms with Crippen molar-refractivity contribution in [3.8, 4) is 11.3 Å². The minimum atomic E-state index is -0.464. The number of para-hydroxylation sites is 1. The van der Waals surface area contributed by atoms with Crippen LogP contribution in [0.15, 0.2) is 63.0 Å². The highest BCUT2D eigenvalue weighted by atomic mass is 79.9. The molecule has 2 amide bonds. The number of nitrogens with one attached hydrogen (secondary N) is 3. The van der Waals surface area contributed by atoms with Gasteiger partial charge in [-0.3, -0.25) is 19.4 Å². The third-order valence-electron chi connectivity index (χ3n) is 3.64. The van der Waals surface area contributed by atoms with E-state index in [0.717, 1.165) is 16.2 Å². The molecule has 0 unspecified atom stereocenters. The van der Waals surface area contributed by atoms with Gasteiger partial charge in [0.25, 0.3) is 5.56 Å². The van der Waals surface area contributed by atoms with E-state index in [9.17, 15) is 14.4 Å². The highest BCUT2D eigenvalue weighted by Crippen LogP contribution is 2.24. The number of benzene rings is 2. The Bertz CT molecular complexity index is 1100. The van der Waals surface area contributed by atoms with Gasteiger partial charge in [0.15, 0.2) is 10.9 Å². The number of rotatable bonds is 6. The highest BCUT2D eigenvalue weighted by molar-refractivity contribution is 9.10. The third-order valence-corrected chi connectivity index (χ3v) is 5.03. The van der Waals surface area contributed by atoms with Crippen LogP contribution in [0.5, 0.6) is 0 Å². The second-order valence-electron chi connectivity index (χ2n) is 5.88. The Balaban J connectivity index is 1.69. The molecule has 8 nitrogen and oxygen atoms in total. The molecule has 0 aliphatic rings. The van der Waals surface area contributed by atoms with Gasteiger partial charge < -0.3 is 10.6 Å². The number of halogens is 1. The predicted octanol–water partition coefficient (Wildman–Crippen LogP) is 3.28. The van der Waals surface area contributed by atoms with E-state index in [1.165, 1.54) is 6.92 Å². The van der Waals surface area contributed by atoms with Gasteiger partial charge in [-0.2, -0.15) is 0 Å². The van der Waals surface area contributed by atoms with Gasteiger partial charge in [-0.1, -0.05) is 45.9 Å². The second kappa shape index (κ2) is 9.48. The van der Waals surface area contributed by atoms with Crippen LogP contribution in [0, 0.1) is 0 Å². The minimum Gasteiger partial charge on any atom is -0.326 e. The van der Waals surface area contributed by atoms with E-state index in [1.807, 2.05) is 12.1 Å². The molecule has 0 atom stereocenters. The van der Waals surface area contributed by atoms with Crippen molar-refractivity contribution in [2.75, 3.05) is 16.4 Å². The van der Waals surface area contributed by atoms with Crippen LogP contribution in [0.25, 0.3) is 11.3 Å². The van der Waals surface area contributed by atoms with Crippen molar-refractivity contribution >= 4 is 50.9 Å². The minimum absolute atomic E-state index is 0.0580. The monoisotopic (exact) mass is 473 g/mol. The summed E-state index contributed by atoms with van der Waals surface area (Å²) in [5.74, 6) is -0.437. The molecular weight excluding hydrogens is 458 g/mol. The largest absolute Gasteiger partial charge is 0.326 e. The quantitative estimate of drug-likeness (QED) is 0.472. The van der Waals surface area contributed by atoms with Crippen LogP contribution < -0.4 is 16.2 Å². The normalized spacial score (nSPS) is 10.4. The molecule has 0 aliphatic carbocycles. The molecule has 3 rings (SSSR count). The van der Waals surface area contributed by atoms with Crippen molar-refractivity contribution in [2.45, 2.75) is 12.1 Å². The number of thioether (sulfide) groups is 1. The first-order valence-corrected chi connectivity index (χ1v) is 10.2. The fourth-order valence-corrected chi connectivity index (χ4v) is 3.28. The maximum absolute atomic E-state index is 12.5. The molecule has 0 spiro atoms. The molecule has 0 aliphatic heterocycles. The lowest BCUT2D eigenvalue weighted by molar-refractivity contribution is -0.114. The molecule has 148 valence electrons. The lowest BCUT2D eigenvalue weighted by Gasteiger charge is -2.08. The number of carbonyl (C=O) groups is 2. The number of anilines is 2. The third kappa shape index (κ3) is 5.75. The number of aromatic amines is 1. The molecule has 1 aromatic heterocycles. The zero-order valence-corrected chi connectivity index (χ0v) is 17.6. The van der Waals surface area contributed by atoms with E-state index < -0.39 is 5.56 Å². The lowest BCUT2D eigenvalue weighted by Crippen LogP contribution is -2.18. The van der Waals surface area contributed by atoms with Gasteiger partial charge in [-0.15, -0.1) is 10.2 Å². The van der Waals surface area contributed by atoms with E-state index in [0.29, 0.717) is 16.9 Å². The number of hydrogen-bond donors (Lipinski definition) is 3. The summed E-state index contributed by atoms with van der Waals surface area (Å²) in [4.78, 5) is 38.5. The average molecular weight is 474 g/mol. The van der Waals surface area contributed by atoms with E-state index in [4.69, 9.17) is 0 Å². The van der Waals surface area contributed by atoms with Crippen molar-refractivity contribution in [1.82, 2.24) is 15.2 Å². The van der Waals surface area contributed by atoms with Crippen molar-refractivity contribution < 1.29 is 9.59 Å². The van der Waals surface area contributed by atoms with Crippen molar-refractivity contribution in [3.05, 3.63) is 63.4 Å². The molecule has 2 aromatic carbocycles. The number of carbonyl (C=O) groups excluding carboxylic acids is 2. The van der Waals surface area contributed by atoms with Crippen LogP contribution in [0.1, 0.15) is 6.92 Å². The Hall–Kier alpha value is -2.98. The fourth-order valence-electron chi connectivity index (χ4n) is 2.42. The van der Waals surface area contributed by atoms with Gasteiger partial charge >= 0.3 is 0 Å². The molecule has 0 radical (unpaired) electrons. The smallest absolute Gasteiger partial charge is 0.278 e. The zero-order valence-electron chi connectivity index (χ0n) is 15.2. The van der Waals surface area contributed by atoms with Crippen LogP contribution in [0.2, 0.25) is 0 Å². The molecular formula is C19H16BrN5O3S. The van der Waals surface area contributed by atoms with Gasteiger partial charge in [-0.05, 0) is 30.3 Å². The predicted molar refractivity (Wildman–Crippen MR) is 116 cm³/mol. The molecule has 0 saturated carbocycles. The lowest BCUT2D eigenvalue weighted by atomic mass is 10.1. The van der Waals surface area contributed by atoms with Gasteiger partial charge in [0.05, 0.1) is 11.4 Å². The Morgan fingerprint density at radius 3 is 2.48 bits per heavy atom. The van der Waals surface area contributed by atoms with Crippen molar-refractivity contribution in [2.24, 2.45) is 0 Å². The van der Waals surface area contributed by atoms with E-state index >= 15 is 0 Å². The first-order valence-electron chi connectivity index (χ1n) is 8.44. The van der Waals surface area contributed by atoms with E-state index in [-0.39, 0.29) is 28.4 Å². The first-order chi connectivity index (χ1) is 13.9. The molecule has 0 saturated heterocycles. The summed E-state index contributed by atoms with van der Waals surface area (Å²) in [5, 5.41) is 13.6. The Kier molecular flexibility index (Phi) is 6.78. The SMILES string of the molecule is CC(=O)Nc1ccccc1-c1nnc(SCC(=O)Nc2ccc(Br)cc2)[nH]c1=O. The van der Waals surface area contributed by atoms with E-state index in [2.05, 4.69) is 41.7 Å². The summed E-state index contributed by atoms with van der Waals surface area (Å²) in [6.45, 7) is 1.38. The Morgan fingerprint density at radius 1 is 1.07 bits per heavy atom. The summed E-state index contributed by atoms with van der Waals surface area (Å²) >= 11 is 4.40. The van der Waals surface area contributed by atoms with E-state index in [1.54, 1.807) is 36.4 Å². The number of aromatic nitrogens is 3. The van der Waals surface area contributed by atoms with Crippen LogP contribution >= 0.6 is 27.7 Å². The standard InChI is InChI=1S/C19H16BrN5O3S/c1-11(26)21-15-5-3-2-4-14(15)17-18(28)23-19(25-24-17)29-10-16(27)22-13-8-6-12(20)7-9-13/h2-9H,10H2,1H3,(H,21,26)(H,22,27)(H,23,25,28). The second-order valence-corrected chi connectivity index (χ2v) is 7.76. The van der Waals surface area contributed by atoms with Crippen LogP contribution in [-0.2, 0) is 9.59 Å². The van der Waals surface area contributed by atoms with Gasteiger partial charge in [0.2, 0.25) is 11.8 Å². The molecule has 3 N–H and O–H groups in total. The number of hydrogen-bond acceptors (Lipinski definition) is 6. The molecule has 29 heavy (non-hydrogen) atoms. The summed E-state index contributed by atoms with van der Waals surface area (Å²) in [7, 11) is 0. The molecule has 0 fully saturated rings. The Labute approximate surface area is 178 Å². The summed E-state index contributed by atoms with van der Waals surface area (Å²) in [5.41, 5.74) is 1.21. The number of H-pyrrole nitrogens is 1. The van der Waals surface area contributed by atoms with Crippen LogP contribution in [0.4, 0.5) is 11.4 Å². The maximum Gasteiger partial charge on any atom is 0.278 e. The maximum atomic E-state index is 12.5. The summed E-state index contributed by atoms with van der Waals surface area (Å²) in [6, 6.07) is 14.0. The average Bonchev–Trinajstić information content (AvgIpc) is 2.68. The topological polar surface area (TPSA) is 117 Å². The summed E-state index contributed by atoms with van der Waals surface area (Å²) in [6.07, 6.45) is 0.